The number of amides is 1. The number of halogens is 1. The first-order valence-electron chi connectivity index (χ1n) is 10.1. The standard InChI is InChI=1S/C22H27BrN2O4S/c1-16(2)29-21-11-10-19(30(27,28)25-12-4-3-5-13-25)15-20(21)24-22(26)14-17-6-8-18(23)9-7-17/h6-11,15-16H,3-5,12-14H2,1-2H3,(H,24,26). The third kappa shape index (κ3) is 5.83. The molecule has 2 aromatic carbocycles. The van der Waals surface area contributed by atoms with Gasteiger partial charge < -0.3 is 10.1 Å². The highest BCUT2D eigenvalue weighted by molar-refractivity contribution is 9.10. The van der Waals surface area contributed by atoms with Gasteiger partial charge in [-0.3, -0.25) is 4.79 Å². The van der Waals surface area contributed by atoms with E-state index in [1.54, 1.807) is 12.1 Å². The zero-order valence-electron chi connectivity index (χ0n) is 17.2. The summed E-state index contributed by atoms with van der Waals surface area (Å²) in [7, 11) is -3.61. The summed E-state index contributed by atoms with van der Waals surface area (Å²) in [6.07, 6.45) is 2.84. The number of piperidine rings is 1. The van der Waals surface area contributed by atoms with Gasteiger partial charge in [-0.15, -0.1) is 0 Å². The molecule has 0 aromatic heterocycles. The summed E-state index contributed by atoms with van der Waals surface area (Å²) in [5.74, 6) is 0.213. The van der Waals surface area contributed by atoms with Crippen LogP contribution in [0.5, 0.6) is 5.75 Å². The molecule has 2 aromatic rings. The molecule has 0 radical (unpaired) electrons. The fourth-order valence-corrected chi connectivity index (χ4v) is 5.17. The predicted molar refractivity (Wildman–Crippen MR) is 121 cm³/mol. The molecule has 30 heavy (non-hydrogen) atoms. The van der Waals surface area contributed by atoms with E-state index in [1.165, 1.54) is 10.4 Å². The lowest BCUT2D eigenvalue weighted by atomic mass is 10.1. The first-order chi connectivity index (χ1) is 14.3. The largest absolute Gasteiger partial charge is 0.489 e. The van der Waals surface area contributed by atoms with Crippen LogP contribution >= 0.6 is 15.9 Å². The molecule has 0 saturated carbocycles. The Morgan fingerprint density at radius 3 is 2.40 bits per heavy atom. The van der Waals surface area contributed by atoms with Crippen LogP contribution in [0.4, 0.5) is 5.69 Å². The molecule has 1 aliphatic rings. The lowest BCUT2D eigenvalue weighted by Gasteiger charge is -2.26. The average Bonchev–Trinajstić information content (AvgIpc) is 2.71. The molecule has 1 amide bonds. The number of anilines is 1. The highest BCUT2D eigenvalue weighted by atomic mass is 79.9. The third-order valence-electron chi connectivity index (χ3n) is 4.82. The van der Waals surface area contributed by atoms with Gasteiger partial charge in [0.25, 0.3) is 0 Å². The van der Waals surface area contributed by atoms with E-state index in [4.69, 9.17) is 4.74 Å². The average molecular weight is 495 g/mol. The van der Waals surface area contributed by atoms with Crippen LogP contribution in [0.25, 0.3) is 0 Å². The molecule has 0 bridgehead atoms. The van der Waals surface area contributed by atoms with E-state index in [2.05, 4.69) is 21.2 Å². The maximum atomic E-state index is 13.0. The SMILES string of the molecule is CC(C)Oc1ccc(S(=O)(=O)N2CCCCC2)cc1NC(=O)Cc1ccc(Br)cc1. The number of hydrogen-bond donors (Lipinski definition) is 1. The van der Waals surface area contributed by atoms with E-state index < -0.39 is 10.0 Å². The van der Waals surface area contributed by atoms with Gasteiger partial charge in [0.15, 0.2) is 0 Å². The Balaban J connectivity index is 1.85. The summed E-state index contributed by atoms with van der Waals surface area (Å²) >= 11 is 3.38. The molecule has 8 heteroatoms. The Kier molecular flexibility index (Phi) is 7.55. The highest BCUT2D eigenvalue weighted by Gasteiger charge is 2.27. The van der Waals surface area contributed by atoms with Gasteiger partial charge in [0.1, 0.15) is 5.75 Å². The molecule has 1 N–H and O–H groups in total. The van der Waals surface area contributed by atoms with Gasteiger partial charge in [-0.1, -0.05) is 34.5 Å². The molecule has 3 rings (SSSR count). The van der Waals surface area contributed by atoms with Crippen LogP contribution in [-0.4, -0.2) is 37.8 Å². The van der Waals surface area contributed by atoms with Gasteiger partial charge in [0.2, 0.25) is 15.9 Å². The van der Waals surface area contributed by atoms with Crippen molar-refractivity contribution in [3.05, 3.63) is 52.5 Å². The number of nitrogens with one attached hydrogen (secondary N) is 1. The first-order valence-corrected chi connectivity index (χ1v) is 12.3. The molecular weight excluding hydrogens is 468 g/mol. The molecule has 0 aliphatic carbocycles. The zero-order valence-corrected chi connectivity index (χ0v) is 19.6. The molecule has 0 unspecified atom stereocenters. The van der Waals surface area contributed by atoms with E-state index in [0.717, 1.165) is 29.3 Å². The monoisotopic (exact) mass is 494 g/mol. The van der Waals surface area contributed by atoms with Crippen molar-refractivity contribution in [3.8, 4) is 5.75 Å². The van der Waals surface area contributed by atoms with E-state index in [0.29, 0.717) is 24.5 Å². The van der Waals surface area contributed by atoms with Crippen molar-refractivity contribution in [1.29, 1.82) is 0 Å². The number of carbonyl (C=O) groups excluding carboxylic acids is 1. The van der Waals surface area contributed by atoms with Gasteiger partial charge in [0.05, 0.1) is 23.1 Å². The predicted octanol–water partition coefficient (Wildman–Crippen LogP) is 4.59. The van der Waals surface area contributed by atoms with Gasteiger partial charge in [0, 0.05) is 17.6 Å². The molecule has 0 spiro atoms. The van der Waals surface area contributed by atoms with Crippen molar-refractivity contribution in [1.82, 2.24) is 4.31 Å². The normalized spacial score (nSPS) is 15.2. The highest BCUT2D eigenvalue weighted by Crippen LogP contribution is 2.31. The Hall–Kier alpha value is -1.90. The molecule has 0 atom stereocenters. The third-order valence-corrected chi connectivity index (χ3v) is 7.24. The second kappa shape index (κ2) is 9.94. The van der Waals surface area contributed by atoms with Gasteiger partial charge >= 0.3 is 0 Å². The fourth-order valence-electron chi connectivity index (χ4n) is 3.36. The van der Waals surface area contributed by atoms with Crippen molar-refractivity contribution in [2.24, 2.45) is 0 Å². The number of ether oxygens (including phenoxy) is 1. The Morgan fingerprint density at radius 1 is 1.10 bits per heavy atom. The Morgan fingerprint density at radius 2 is 1.77 bits per heavy atom. The molecule has 1 heterocycles. The summed E-state index contributed by atoms with van der Waals surface area (Å²) in [5, 5.41) is 2.84. The lowest BCUT2D eigenvalue weighted by Crippen LogP contribution is -2.35. The maximum absolute atomic E-state index is 13.0. The van der Waals surface area contributed by atoms with Crippen molar-refractivity contribution in [2.45, 2.75) is 50.5 Å². The van der Waals surface area contributed by atoms with Crippen LogP contribution in [0.3, 0.4) is 0 Å². The lowest BCUT2D eigenvalue weighted by molar-refractivity contribution is -0.115. The smallest absolute Gasteiger partial charge is 0.243 e. The van der Waals surface area contributed by atoms with Gasteiger partial charge in [-0.2, -0.15) is 4.31 Å². The molecular formula is C22H27BrN2O4S. The van der Waals surface area contributed by atoms with Crippen molar-refractivity contribution in [2.75, 3.05) is 18.4 Å². The second-order valence-electron chi connectivity index (χ2n) is 7.64. The summed E-state index contributed by atoms with van der Waals surface area (Å²) < 4.78 is 34.4. The van der Waals surface area contributed by atoms with E-state index in [9.17, 15) is 13.2 Å². The summed E-state index contributed by atoms with van der Waals surface area (Å²) in [4.78, 5) is 12.8. The van der Waals surface area contributed by atoms with Crippen LogP contribution < -0.4 is 10.1 Å². The number of nitrogens with zero attached hydrogens (tertiary/aromatic N) is 1. The molecule has 1 saturated heterocycles. The quantitative estimate of drug-likeness (QED) is 0.610. The van der Waals surface area contributed by atoms with Crippen LogP contribution in [0.2, 0.25) is 0 Å². The first kappa shape index (κ1) is 22.8. The summed E-state index contributed by atoms with van der Waals surface area (Å²) in [6.45, 7) is 4.81. The minimum atomic E-state index is -3.61. The number of rotatable bonds is 7. The molecule has 162 valence electrons. The van der Waals surface area contributed by atoms with Crippen molar-refractivity contribution in [3.63, 3.8) is 0 Å². The molecule has 1 fully saturated rings. The van der Waals surface area contributed by atoms with Gasteiger partial charge in [-0.05, 0) is 62.6 Å². The Bertz CT molecular complexity index is 985. The second-order valence-corrected chi connectivity index (χ2v) is 10.5. The van der Waals surface area contributed by atoms with E-state index in [1.807, 2.05) is 38.1 Å². The number of benzene rings is 2. The maximum Gasteiger partial charge on any atom is 0.243 e. The minimum Gasteiger partial charge on any atom is -0.489 e. The number of hydrogen-bond acceptors (Lipinski definition) is 4. The minimum absolute atomic E-state index is 0.114. The van der Waals surface area contributed by atoms with Crippen LogP contribution in [0.1, 0.15) is 38.7 Å². The molecule has 1 aliphatic heterocycles. The Labute approximate surface area is 186 Å². The van der Waals surface area contributed by atoms with Crippen molar-refractivity contribution >= 4 is 37.5 Å². The molecule has 6 nitrogen and oxygen atoms in total. The zero-order chi connectivity index (χ0) is 21.7. The van der Waals surface area contributed by atoms with Crippen molar-refractivity contribution < 1.29 is 17.9 Å². The topological polar surface area (TPSA) is 75.7 Å². The fraction of sp³-hybridized carbons (Fsp3) is 0.409. The van der Waals surface area contributed by atoms with E-state index in [-0.39, 0.29) is 23.3 Å². The summed E-state index contributed by atoms with van der Waals surface area (Å²) in [5.41, 5.74) is 1.23. The summed E-state index contributed by atoms with van der Waals surface area (Å²) in [6, 6.07) is 12.2. The van der Waals surface area contributed by atoms with Crippen LogP contribution in [-0.2, 0) is 21.2 Å². The van der Waals surface area contributed by atoms with Crippen LogP contribution in [0.15, 0.2) is 51.8 Å². The van der Waals surface area contributed by atoms with E-state index >= 15 is 0 Å². The number of sulfonamides is 1. The number of carbonyl (C=O) groups is 1. The van der Waals surface area contributed by atoms with Crippen LogP contribution in [0, 0.1) is 0 Å². The van der Waals surface area contributed by atoms with Gasteiger partial charge in [-0.25, -0.2) is 8.42 Å².